The van der Waals surface area contributed by atoms with E-state index in [1.165, 1.54) is 32.9 Å². The fraction of sp³-hybridized carbons (Fsp3) is 0.306. The zero-order valence-electron chi connectivity index (χ0n) is 28.6. The van der Waals surface area contributed by atoms with Crippen LogP contribution in [0, 0.1) is 0 Å². The highest BCUT2D eigenvalue weighted by molar-refractivity contribution is 8.06. The molecule has 0 bridgehead atoms. The molecule has 3 aromatic carbocycles. The Morgan fingerprint density at radius 1 is 0.962 bits per heavy atom. The fourth-order valence-corrected chi connectivity index (χ4v) is 6.39. The van der Waals surface area contributed by atoms with Crippen molar-refractivity contribution in [3.63, 3.8) is 0 Å². The van der Waals surface area contributed by atoms with Crippen molar-refractivity contribution in [3.8, 4) is 17.0 Å². The second kappa shape index (κ2) is 16.9. The largest absolute Gasteiger partial charge is 0.494 e. The highest BCUT2D eigenvalue weighted by atomic mass is 35.5. The molecule has 1 aromatic heterocycles. The first kappa shape index (κ1) is 40.2. The van der Waals surface area contributed by atoms with Crippen LogP contribution in [0.4, 0.5) is 23.7 Å². The Kier molecular flexibility index (Phi) is 13.1. The molecule has 278 valence electrons. The predicted molar refractivity (Wildman–Crippen MR) is 194 cm³/mol. The Bertz CT molecular complexity index is 2010. The van der Waals surface area contributed by atoms with Gasteiger partial charge in [-0.05, 0) is 86.9 Å². The van der Waals surface area contributed by atoms with Gasteiger partial charge in [0.05, 0.1) is 30.1 Å². The zero-order chi connectivity index (χ0) is 38.3. The molecule has 0 atom stereocenters. The van der Waals surface area contributed by atoms with Gasteiger partial charge < -0.3 is 18.8 Å². The normalized spacial score (nSPS) is 12.2. The number of sulfonamides is 1. The van der Waals surface area contributed by atoms with Crippen LogP contribution in [0.15, 0.2) is 72.9 Å². The average Bonchev–Trinajstić information content (AvgIpc) is 3.46. The summed E-state index contributed by atoms with van der Waals surface area (Å²) in [5, 5.41) is -0.671. The molecule has 0 saturated carbocycles. The number of esters is 1. The quantitative estimate of drug-likeness (QED) is 0.0975. The van der Waals surface area contributed by atoms with Crippen LogP contribution in [0.2, 0.25) is 10.0 Å². The molecule has 0 spiro atoms. The number of methoxy groups -OCH3 is 1. The van der Waals surface area contributed by atoms with Gasteiger partial charge in [0.15, 0.2) is 0 Å². The highest BCUT2D eigenvalue weighted by Crippen LogP contribution is 2.31. The summed E-state index contributed by atoms with van der Waals surface area (Å²) >= 11 is 12.6. The molecule has 0 unspecified atom stereocenters. The lowest BCUT2D eigenvalue weighted by Gasteiger charge is -2.25. The molecule has 1 heterocycles. The minimum absolute atomic E-state index is 0.0344. The zero-order valence-corrected chi connectivity index (χ0v) is 30.9. The van der Waals surface area contributed by atoms with Crippen LogP contribution in [-0.4, -0.2) is 61.3 Å². The minimum Gasteiger partial charge on any atom is -0.494 e. The second-order valence-electron chi connectivity index (χ2n) is 12.4. The summed E-state index contributed by atoms with van der Waals surface area (Å²) < 4.78 is 81.3. The Morgan fingerprint density at radius 3 is 2.23 bits per heavy atom. The first-order valence-electron chi connectivity index (χ1n) is 15.8. The van der Waals surface area contributed by atoms with E-state index in [0.717, 1.165) is 12.7 Å². The molecule has 0 aliphatic carbocycles. The number of benzene rings is 3. The fourth-order valence-electron chi connectivity index (χ4n) is 4.68. The van der Waals surface area contributed by atoms with Gasteiger partial charge in [-0.15, -0.1) is 0 Å². The van der Waals surface area contributed by atoms with Crippen molar-refractivity contribution in [1.29, 1.82) is 0 Å². The summed E-state index contributed by atoms with van der Waals surface area (Å²) in [6.45, 7) is 4.00. The number of hydrogen-bond acceptors (Lipinski definition) is 8. The number of aromatic nitrogens is 2. The molecule has 0 fully saturated rings. The topological polar surface area (TPSA) is 117 Å². The van der Waals surface area contributed by atoms with Crippen LogP contribution < -0.4 is 9.04 Å². The summed E-state index contributed by atoms with van der Waals surface area (Å²) in [6, 6.07) is 18.0. The summed E-state index contributed by atoms with van der Waals surface area (Å²) in [5.41, 5.74) is 1.60. The molecule has 0 aliphatic heterocycles. The van der Waals surface area contributed by atoms with Crippen LogP contribution >= 0.6 is 23.2 Å². The number of anilines is 1. The maximum absolute atomic E-state index is 13.2. The van der Waals surface area contributed by atoms with E-state index in [1.807, 2.05) is 4.57 Å². The van der Waals surface area contributed by atoms with E-state index in [2.05, 4.69) is 4.74 Å². The third-order valence-corrected chi connectivity index (χ3v) is 9.13. The van der Waals surface area contributed by atoms with Crippen molar-refractivity contribution >= 4 is 62.3 Å². The van der Waals surface area contributed by atoms with Crippen LogP contribution in [0.3, 0.4) is 0 Å². The van der Waals surface area contributed by atoms with E-state index >= 15 is 0 Å². The monoisotopic (exact) mass is 781 g/mol. The van der Waals surface area contributed by atoms with Gasteiger partial charge in [-0.1, -0.05) is 53.5 Å². The van der Waals surface area contributed by atoms with E-state index in [4.69, 9.17) is 37.7 Å². The van der Waals surface area contributed by atoms with E-state index < -0.39 is 46.0 Å². The minimum atomic E-state index is -4.78. The number of carbonyl (C=O) groups is 2. The van der Waals surface area contributed by atoms with Gasteiger partial charge in [0.1, 0.15) is 23.7 Å². The molecule has 0 saturated heterocycles. The molecule has 10 nitrogen and oxygen atoms in total. The predicted octanol–water partition coefficient (Wildman–Crippen LogP) is 9.04. The Morgan fingerprint density at radius 2 is 1.63 bits per heavy atom. The Labute approximate surface area is 309 Å². The van der Waals surface area contributed by atoms with Crippen LogP contribution in [0.25, 0.3) is 23.4 Å². The lowest BCUT2D eigenvalue weighted by Crippen LogP contribution is -2.42. The van der Waals surface area contributed by atoms with Gasteiger partial charge in [-0.2, -0.15) is 21.6 Å². The molecule has 0 N–H and O–H groups in total. The van der Waals surface area contributed by atoms with Gasteiger partial charge >= 0.3 is 27.5 Å². The first-order valence-corrected chi connectivity index (χ1v) is 18.0. The molecule has 0 aliphatic rings. The summed E-state index contributed by atoms with van der Waals surface area (Å²) in [7, 11) is -3.68. The van der Waals surface area contributed by atoms with Crippen molar-refractivity contribution < 1.29 is 45.4 Å². The van der Waals surface area contributed by atoms with Gasteiger partial charge in [-0.25, -0.2) is 14.1 Å². The molecule has 4 rings (SSSR count). The number of nitrogens with zero attached hydrogens (tertiary/aromatic N) is 3. The average molecular weight is 783 g/mol. The van der Waals surface area contributed by atoms with Crippen LogP contribution in [-0.2, 0) is 30.8 Å². The van der Waals surface area contributed by atoms with E-state index in [-0.39, 0.29) is 25.3 Å². The van der Waals surface area contributed by atoms with Gasteiger partial charge in [0.25, 0.3) is 0 Å². The summed E-state index contributed by atoms with van der Waals surface area (Å²) in [4.78, 5) is 29.6. The molecule has 16 heteroatoms. The maximum atomic E-state index is 13.2. The third kappa shape index (κ3) is 11.5. The second-order valence-corrected chi connectivity index (χ2v) is 15.0. The number of rotatable bonds is 13. The summed E-state index contributed by atoms with van der Waals surface area (Å²) in [5.74, 6) is 0.0768. The van der Waals surface area contributed by atoms with Crippen molar-refractivity contribution in [3.05, 3.63) is 99.9 Å². The van der Waals surface area contributed by atoms with E-state index in [0.29, 0.717) is 42.7 Å². The van der Waals surface area contributed by atoms with Crippen LogP contribution in [0.1, 0.15) is 50.6 Å². The van der Waals surface area contributed by atoms with E-state index in [1.54, 1.807) is 72.9 Å². The summed E-state index contributed by atoms with van der Waals surface area (Å²) in [6.07, 6.45) is 0.0642. The molecular formula is C36H36Cl2F3N3O7S. The van der Waals surface area contributed by atoms with Crippen molar-refractivity contribution in [1.82, 2.24) is 9.55 Å². The molecule has 0 radical (unpaired) electrons. The standard InChI is InChI=1S/C36H36Cl2F3N3O7S/c1-35(2,3)51-34(46)52(47,48)44(23-33(45)49-4)27-12-6-25(7-13-27)21-43-22-31(29-16-11-26(37)20-30(29)38)42-32(43)17-10-24-8-14-28(15-9-24)50-19-5-18-36(39,40)41/h6-17,20,22H,5,18-19,21,23H2,1-4H3/b17-10+. The third-order valence-electron chi connectivity index (χ3n) is 7.16. The van der Waals surface area contributed by atoms with E-state index in [9.17, 15) is 31.2 Å². The number of carbonyl (C=O) groups excluding carboxylic acids is 2. The maximum Gasteiger partial charge on any atom is 0.445 e. The first-order chi connectivity index (χ1) is 24.3. The number of imidazole rings is 1. The van der Waals surface area contributed by atoms with Gasteiger partial charge in [0, 0.05) is 29.7 Å². The lowest BCUT2D eigenvalue weighted by atomic mass is 10.1. The number of halogens is 5. The smallest absolute Gasteiger partial charge is 0.445 e. The number of ether oxygens (including phenoxy) is 3. The van der Waals surface area contributed by atoms with Crippen LogP contribution in [0.5, 0.6) is 5.75 Å². The van der Waals surface area contributed by atoms with Gasteiger partial charge in [-0.3, -0.25) is 4.79 Å². The SMILES string of the molecule is COC(=O)CN(c1ccc(Cn2cc(-c3ccc(Cl)cc3Cl)nc2/C=C/c2ccc(OCCCC(F)(F)F)cc2)cc1)S(=O)(=O)C(=O)OC(C)(C)C. The Balaban J connectivity index is 1.61. The lowest BCUT2D eigenvalue weighted by molar-refractivity contribution is -0.139. The van der Waals surface area contributed by atoms with Crippen molar-refractivity contribution in [2.24, 2.45) is 0 Å². The molecule has 4 aromatic rings. The highest BCUT2D eigenvalue weighted by Gasteiger charge is 2.37. The molecular weight excluding hydrogens is 746 g/mol. The van der Waals surface area contributed by atoms with Gasteiger partial charge in [0.2, 0.25) is 0 Å². The Hall–Kier alpha value is -4.53. The van der Waals surface area contributed by atoms with Crippen molar-refractivity contribution in [2.45, 2.75) is 51.9 Å². The molecule has 0 amide bonds. The number of alkyl halides is 3. The number of hydrogen-bond donors (Lipinski definition) is 0. The van der Waals surface area contributed by atoms with Crippen molar-refractivity contribution in [2.75, 3.05) is 24.6 Å². The molecule has 52 heavy (non-hydrogen) atoms.